The van der Waals surface area contributed by atoms with E-state index in [0.29, 0.717) is 29.2 Å². The summed E-state index contributed by atoms with van der Waals surface area (Å²) in [6.45, 7) is 4.90. The number of rotatable bonds is 2. The lowest BCUT2D eigenvalue weighted by atomic mass is 9.97. The van der Waals surface area contributed by atoms with Crippen LogP contribution in [0.1, 0.15) is 24.2 Å². The first-order valence-electron chi connectivity index (χ1n) is 5.67. The van der Waals surface area contributed by atoms with Gasteiger partial charge in [-0.2, -0.15) is 0 Å². The Hall–Kier alpha value is -1.56. The van der Waals surface area contributed by atoms with Crippen LogP contribution >= 0.6 is 15.9 Å². The Morgan fingerprint density at radius 3 is 2.53 bits per heavy atom. The largest absolute Gasteiger partial charge is 0.489 e. The quantitative estimate of drug-likeness (QED) is 0.667. The Bertz CT molecular complexity index is 550. The first-order valence-corrected chi connectivity index (χ1v) is 6.46. The monoisotopic (exact) mass is 328 g/mol. The fourth-order valence-electron chi connectivity index (χ4n) is 1.65. The van der Waals surface area contributed by atoms with Gasteiger partial charge in [-0.15, -0.1) is 0 Å². The van der Waals surface area contributed by atoms with E-state index in [4.69, 9.17) is 14.6 Å². The summed E-state index contributed by atoms with van der Waals surface area (Å²) in [5.74, 6) is -1.60. The lowest BCUT2D eigenvalue weighted by Crippen LogP contribution is -2.26. The molecule has 2 rings (SSSR count). The summed E-state index contributed by atoms with van der Waals surface area (Å²) in [6, 6.07) is 2.83. The van der Waals surface area contributed by atoms with Gasteiger partial charge in [-0.3, -0.25) is 4.79 Å². The summed E-state index contributed by atoms with van der Waals surface area (Å²) in [5.41, 5.74) is -0.100. The maximum Gasteiger partial charge on any atom is 0.377 e. The van der Waals surface area contributed by atoms with E-state index in [-0.39, 0.29) is 11.0 Å². The Morgan fingerprint density at radius 1 is 1.26 bits per heavy atom. The predicted molar refractivity (Wildman–Crippen MR) is 70.9 cm³/mol. The molecule has 102 valence electrons. The molecule has 0 unspecified atom stereocenters. The average molecular weight is 329 g/mol. The molecular weight excluding hydrogens is 316 g/mol. The van der Waals surface area contributed by atoms with E-state index in [1.165, 1.54) is 12.1 Å². The van der Waals surface area contributed by atoms with E-state index in [9.17, 15) is 9.59 Å². The molecule has 1 N–H and O–H groups in total. The standard InChI is InChI=1S/C13H13BrO5/c1-13(2)5-18-9-4-7(10(15)12(16)17)3-8(14)11(9)19-6-13/h3-4H,5-6H2,1-2H3,(H,16,17). The molecule has 1 aromatic rings. The number of aliphatic carboxylic acids is 1. The van der Waals surface area contributed by atoms with Crippen LogP contribution in [-0.2, 0) is 4.79 Å². The number of carboxylic acids is 1. The maximum absolute atomic E-state index is 11.5. The van der Waals surface area contributed by atoms with Crippen molar-refractivity contribution in [2.75, 3.05) is 13.2 Å². The van der Waals surface area contributed by atoms with Crippen molar-refractivity contribution in [3.63, 3.8) is 0 Å². The van der Waals surface area contributed by atoms with Crippen LogP contribution in [0.25, 0.3) is 0 Å². The van der Waals surface area contributed by atoms with Crippen LogP contribution < -0.4 is 9.47 Å². The molecule has 1 aliphatic rings. The van der Waals surface area contributed by atoms with Gasteiger partial charge in [0.2, 0.25) is 0 Å². The fourth-order valence-corrected chi connectivity index (χ4v) is 2.21. The third-order valence-corrected chi connectivity index (χ3v) is 3.28. The summed E-state index contributed by atoms with van der Waals surface area (Å²) in [6.07, 6.45) is 0. The van der Waals surface area contributed by atoms with Crippen molar-refractivity contribution in [2.24, 2.45) is 5.41 Å². The predicted octanol–water partition coefficient (Wildman–Crippen LogP) is 2.51. The zero-order chi connectivity index (χ0) is 14.2. The normalized spacial score (nSPS) is 16.6. The third kappa shape index (κ3) is 2.89. The molecule has 19 heavy (non-hydrogen) atoms. The second-order valence-corrected chi connectivity index (χ2v) is 6.02. The summed E-state index contributed by atoms with van der Waals surface area (Å²) >= 11 is 3.27. The summed E-state index contributed by atoms with van der Waals surface area (Å²) < 4.78 is 11.8. The van der Waals surface area contributed by atoms with Gasteiger partial charge in [-0.05, 0) is 28.1 Å². The number of carbonyl (C=O) groups is 2. The highest BCUT2D eigenvalue weighted by atomic mass is 79.9. The van der Waals surface area contributed by atoms with E-state index >= 15 is 0 Å². The summed E-state index contributed by atoms with van der Waals surface area (Å²) in [4.78, 5) is 22.2. The van der Waals surface area contributed by atoms with Crippen molar-refractivity contribution in [1.29, 1.82) is 0 Å². The molecule has 1 heterocycles. The van der Waals surface area contributed by atoms with Gasteiger partial charge in [0.05, 0.1) is 17.7 Å². The van der Waals surface area contributed by atoms with Crippen molar-refractivity contribution >= 4 is 27.7 Å². The average Bonchev–Trinajstić information content (AvgIpc) is 2.48. The molecule has 0 fully saturated rings. The highest BCUT2D eigenvalue weighted by Crippen LogP contribution is 2.40. The van der Waals surface area contributed by atoms with Gasteiger partial charge in [-0.1, -0.05) is 13.8 Å². The second-order valence-electron chi connectivity index (χ2n) is 5.16. The molecule has 0 radical (unpaired) electrons. The number of carbonyl (C=O) groups excluding carboxylic acids is 1. The van der Waals surface area contributed by atoms with Crippen LogP contribution in [0, 0.1) is 5.41 Å². The zero-order valence-electron chi connectivity index (χ0n) is 10.5. The van der Waals surface area contributed by atoms with Gasteiger partial charge in [0.1, 0.15) is 0 Å². The molecule has 5 nitrogen and oxygen atoms in total. The van der Waals surface area contributed by atoms with Crippen molar-refractivity contribution in [3.8, 4) is 11.5 Å². The Balaban J connectivity index is 2.42. The maximum atomic E-state index is 11.5. The zero-order valence-corrected chi connectivity index (χ0v) is 12.1. The van der Waals surface area contributed by atoms with Crippen LogP contribution in [0.3, 0.4) is 0 Å². The summed E-state index contributed by atoms with van der Waals surface area (Å²) in [5, 5.41) is 8.73. The molecule has 0 saturated carbocycles. The number of fused-ring (bicyclic) bond motifs is 1. The van der Waals surface area contributed by atoms with Crippen LogP contribution in [0.15, 0.2) is 16.6 Å². The Labute approximate surface area is 118 Å². The molecule has 0 bridgehead atoms. The molecule has 1 aliphatic heterocycles. The van der Waals surface area contributed by atoms with Crippen LogP contribution in [0.2, 0.25) is 0 Å². The molecule has 6 heteroatoms. The molecule has 0 saturated heterocycles. The number of hydrogen-bond donors (Lipinski definition) is 1. The molecule has 0 aromatic heterocycles. The molecule has 1 aromatic carbocycles. The van der Waals surface area contributed by atoms with Crippen LogP contribution in [0.4, 0.5) is 0 Å². The number of carboxylic acid groups (broad SMARTS) is 1. The SMILES string of the molecule is CC1(C)COc2cc(C(=O)C(=O)O)cc(Br)c2OC1. The van der Waals surface area contributed by atoms with Gasteiger partial charge in [-0.25, -0.2) is 4.79 Å². The van der Waals surface area contributed by atoms with E-state index in [0.717, 1.165) is 0 Å². The number of halogens is 1. The van der Waals surface area contributed by atoms with Crippen molar-refractivity contribution in [1.82, 2.24) is 0 Å². The fraction of sp³-hybridized carbons (Fsp3) is 0.385. The van der Waals surface area contributed by atoms with Gasteiger partial charge in [0.25, 0.3) is 5.78 Å². The number of benzene rings is 1. The van der Waals surface area contributed by atoms with Crippen molar-refractivity contribution in [3.05, 3.63) is 22.2 Å². The van der Waals surface area contributed by atoms with Crippen LogP contribution in [0.5, 0.6) is 11.5 Å². The van der Waals surface area contributed by atoms with Crippen molar-refractivity contribution in [2.45, 2.75) is 13.8 Å². The van der Waals surface area contributed by atoms with Crippen molar-refractivity contribution < 1.29 is 24.2 Å². The van der Waals surface area contributed by atoms with E-state index in [2.05, 4.69) is 15.9 Å². The Morgan fingerprint density at radius 2 is 1.89 bits per heavy atom. The molecular formula is C13H13BrO5. The van der Waals surface area contributed by atoms with E-state index in [1.54, 1.807) is 0 Å². The first-order chi connectivity index (χ1) is 8.80. The topological polar surface area (TPSA) is 72.8 Å². The number of ether oxygens (including phenoxy) is 2. The number of ketones is 1. The number of hydrogen-bond acceptors (Lipinski definition) is 4. The lowest BCUT2D eigenvalue weighted by molar-refractivity contribution is -0.131. The van der Waals surface area contributed by atoms with Gasteiger partial charge in [0.15, 0.2) is 11.5 Å². The van der Waals surface area contributed by atoms with E-state index < -0.39 is 11.8 Å². The van der Waals surface area contributed by atoms with Gasteiger partial charge in [0, 0.05) is 11.0 Å². The third-order valence-electron chi connectivity index (χ3n) is 2.69. The Kier molecular flexibility index (Phi) is 3.54. The minimum atomic E-state index is -1.50. The van der Waals surface area contributed by atoms with Gasteiger partial charge < -0.3 is 14.6 Å². The first kappa shape index (κ1) is 13.9. The molecule has 0 aliphatic carbocycles. The minimum Gasteiger partial charge on any atom is -0.489 e. The molecule has 0 atom stereocenters. The lowest BCUT2D eigenvalue weighted by Gasteiger charge is -2.19. The molecule has 0 amide bonds. The smallest absolute Gasteiger partial charge is 0.377 e. The molecule has 0 spiro atoms. The second kappa shape index (κ2) is 4.85. The van der Waals surface area contributed by atoms with Crippen LogP contribution in [-0.4, -0.2) is 30.1 Å². The minimum absolute atomic E-state index is 0.0569. The highest BCUT2D eigenvalue weighted by Gasteiger charge is 2.28. The highest BCUT2D eigenvalue weighted by molar-refractivity contribution is 9.10. The van der Waals surface area contributed by atoms with Gasteiger partial charge >= 0.3 is 5.97 Å². The van der Waals surface area contributed by atoms with E-state index in [1.807, 2.05) is 13.8 Å². The summed E-state index contributed by atoms with van der Waals surface area (Å²) in [7, 11) is 0. The number of Topliss-reactive ketones (excluding diaryl/α,β-unsaturated/α-hetero) is 1.